The van der Waals surface area contributed by atoms with E-state index >= 15 is 0 Å². The predicted octanol–water partition coefficient (Wildman–Crippen LogP) is 0.866. The van der Waals surface area contributed by atoms with Crippen molar-refractivity contribution in [2.24, 2.45) is 5.73 Å². The molecule has 1 aliphatic heterocycles. The van der Waals surface area contributed by atoms with E-state index in [9.17, 15) is 14.4 Å². The first-order valence-corrected chi connectivity index (χ1v) is 12.4. The van der Waals surface area contributed by atoms with Crippen molar-refractivity contribution in [2.75, 3.05) is 13.1 Å². The number of carbonyl (C=O) groups excluding carboxylic acids is 2. The highest BCUT2D eigenvalue weighted by molar-refractivity contribution is 7.97. The molecule has 1 aromatic carbocycles. The fraction of sp³-hybridized carbons (Fsp3) is 0.550. The van der Waals surface area contributed by atoms with Crippen LogP contribution in [0.25, 0.3) is 0 Å². The Morgan fingerprint density at radius 3 is 2.48 bits per heavy atom. The molecule has 0 saturated carbocycles. The van der Waals surface area contributed by atoms with Gasteiger partial charge in [0.25, 0.3) is 0 Å². The van der Waals surface area contributed by atoms with E-state index < -0.39 is 36.2 Å². The summed E-state index contributed by atoms with van der Waals surface area (Å²) in [6.07, 6.45) is 0.545. The normalized spacial score (nSPS) is 20.3. The van der Waals surface area contributed by atoms with Crippen LogP contribution in [0.5, 0.6) is 0 Å². The Balaban J connectivity index is 1.91. The largest absolute Gasteiger partial charge is 0.494 e. The summed E-state index contributed by atoms with van der Waals surface area (Å²) in [5.74, 6) is -2.61. The van der Waals surface area contributed by atoms with Crippen LogP contribution in [0.4, 0.5) is 4.79 Å². The van der Waals surface area contributed by atoms with E-state index in [0.717, 1.165) is 5.46 Å². The molecule has 5 N–H and O–H groups in total. The minimum absolute atomic E-state index is 0.0309. The van der Waals surface area contributed by atoms with Crippen molar-refractivity contribution in [3.05, 3.63) is 29.8 Å². The maximum atomic E-state index is 11.8. The summed E-state index contributed by atoms with van der Waals surface area (Å²) >= 11 is 4.67. The number of alkyl carbamates (subject to hydrolysis) is 1. The van der Waals surface area contributed by atoms with Gasteiger partial charge < -0.3 is 30.2 Å². The number of benzene rings is 1. The van der Waals surface area contributed by atoms with Crippen LogP contribution in [-0.2, 0) is 42.0 Å². The number of carboxylic acids is 1. The smallest absolute Gasteiger partial charge is 0.479 e. The molecule has 0 radical (unpaired) electrons. The summed E-state index contributed by atoms with van der Waals surface area (Å²) in [6.45, 7) is 6.38. The Kier molecular flexibility index (Phi) is 9.75. The van der Waals surface area contributed by atoms with Crippen LogP contribution in [0.3, 0.4) is 0 Å². The van der Waals surface area contributed by atoms with E-state index in [0.29, 0.717) is 24.9 Å². The zero-order chi connectivity index (χ0) is 24.6. The number of hydrogen-bond acceptors (Lipinski definition) is 8. The molecule has 13 heteroatoms. The van der Waals surface area contributed by atoms with Crippen molar-refractivity contribution in [3.8, 4) is 0 Å². The number of carbonyl (C=O) groups is 3. The van der Waals surface area contributed by atoms with E-state index in [-0.39, 0.29) is 26.4 Å². The van der Waals surface area contributed by atoms with Crippen LogP contribution in [0.1, 0.15) is 39.2 Å². The van der Waals surface area contributed by atoms with Crippen LogP contribution < -0.4 is 21.8 Å². The van der Waals surface area contributed by atoms with Crippen molar-refractivity contribution in [1.82, 2.24) is 10.6 Å². The molecule has 2 unspecified atom stereocenters. The van der Waals surface area contributed by atoms with Gasteiger partial charge in [0, 0.05) is 13.9 Å². The molecule has 1 aromatic rings. The first-order valence-electron chi connectivity index (χ1n) is 10.4. The summed E-state index contributed by atoms with van der Waals surface area (Å²) in [4.78, 5) is 34.0. The highest BCUT2D eigenvalue weighted by Crippen LogP contribution is 2.40. The van der Waals surface area contributed by atoms with Crippen LogP contribution in [0.15, 0.2) is 24.3 Å². The molecule has 2 atom stereocenters. The first kappa shape index (κ1) is 27.1. The monoisotopic (exact) mass is 497 g/mol. The Bertz CT molecular complexity index is 874. The average Bonchev–Trinajstić information content (AvgIpc) is 3.02. The third-order valence-electron chi connectivity index (χ3n) is 5.60. The summed E-state index contributed by atoms with van der Waals surface area (Å²) in [5, 5.41) is 13.9. The lowest BCUT2D eigenvalue weighted by Crippen LogP contribution is -2.45. The maximum absolute atomic E-state index is 11.8. The van der Waals surface area contributed by atoms with Gasteiger partial charge in [0.1, 0.15) is 6.61 Å². The quantitative estimate of drug-likeness (QED) is 0.198. The van der Waals surface area contributed by atoms with Gasteiger partial charge in [0.15, 0.2) is 5.78 Å². The van der Waals surface area contributed by atoms with E-state index in [1.807, 2.05) is 32.9 Å². The molecule has 0 spiro atoms. The van der Waals surface area contributed by atoms with Crippen LogP contribution in [0.2, 0.25) is 0 Å². The number of rotatable bonds is 11. The molecule has 2 amide bonds. The Hall–Kier alpha value is -2.11. The summed E-state index contributed by atoms with van der Waals surface area (Å²) in [7, 11) is -0.478. The molecule has 1 heterocycles. The third-order valence-corrected chi connectivity index (χ3v) is 6.79. The molecule has 1 fully saturated rings. The zero-order valence-electron chi connectivity index (χ0n) is 18.8. The lowest BCUT2D eigenvalue weighted by Gasteiger charge is -2.36. The highest BCUT2D eigenvalue weighted by atomic mass is 32.4. The first-order chi connectivity index (χ1) is 15.5. The number of aliphatic carboxylic acids is 1. The fourth-order valence-electron chi connectivity index (χ4n) is 3.22. The second kappa shape index (κ2) is 11.8. The molecular weight excluding hydrogens is 468 g/mol. The predicted molar refractivity (Wildman–Crippen MR) is 127 cm³/mol. The fourth-order valence-corrected chi connectivity index (χ4v) is 3.90. The number of hydrogen-bond donors (Lipinski definition) is 4. The lowest BCUT2D eigenvalue weighted by molar-refractivity contribution is -0.137. The maximum Gasteiger partial charge on any atom is 0.494 e. The number of amides is 2. The van der Waals surface area contributed by atoms with Gasteiger partial charge in [0.2, 0.25) is 5.91 Å². The summed E-state index contributed by atoms with van der Waals surface area (Å²) < 4.78 is 17.5. The van der Waals surface area contributed by atoms with E-state index in [2.05, 4.69) is 22.4 Å². The Morgan fingerprint density at radius 2 is 1.91 bits per heavy atom. The summed E-state index contributed by atoms with van der Waals surface area (Å²) in [6, 6.07) is 7.21. The molecule has 180 valence electrons. The number of nitrogens with one attached hydrogen (secondary N) is 2. The van der Waals surface area contributed by atoms with Gasteiger partial charge in [-0.3, -0.25) is 10.1 Å². The van der Waals surface area contributed by atoms with Crippen molar-refractivity contribution in [1.29, 1.82) is 0 Å². The minimum Gasteiger partial charge on any atom is -0.479 e. The molecule has 0 bridgehead atoms. The molecular formula is C20H29BN3O7PS. The molecule has 2 rings (SSSR count). The van der Waals surface area contributed by atoms with Crippen molar-refractivity contribution < 1.29 is 33.5 Å². The van der Waals surface area contributed by atoms with Gasteiger partial charge in [0.05, 0.1) is 17.7 Å². The van der Waals surface area contributed by atoms with Crippen molar-refractivity contribution in [2.45, 2.75) is 57.2 Å². The SMILES string of the molecule is CC1(C)OB(c2ccc(COC(=O)NC(P=S)C(=O)O)cc2)OC1(C)CCCNC(=O)CN. The van der Waals surface area contributed by atoms with Crippen molar-refractivity contribution in [3.63, 3.8) is 0 Å². The topological polar surface area (TPSA) is 149 Å². The van der Waals surface area contributed by atoms with Gasteiger partial charge >= 0.3 is 19.2 Å². The second-order valence-electron chi connectivity index (χ2n) is 8.27. The highest BCUT2D eigenvalue weighted by Gasteiger charge is 2.54. The third kappa shape index (κ3) is 7.45. The Labute approximate surface area is 199 Å². The van der Waals surface area contributed by atoms with Crippen LogP contribution >= 0.6 is 7.36 Å². The van der Waals surface area contributed by atoms with E-state index in [4.69, 9.17) is 24.9 Å². The second-order valence-corrected chi connectivity index (χ2v) is 9.63. The number of carboxylic acid groups (broad SMARTS) is 1. The molecule has 33 heavy (non-hydrogen) atoms. The number of nitrogens with two attached hydrogens (primary N) is 1. The van der Waals surface area contributed by atoms with E-state index in [1.54, 1.807) is 12.1 Å². The van der Waals surface area contributed by atoms with Crippen LogP contribution in [0, 0.1) is 0 Å². The van der Waals surface area contributed by atoms with Crippen molar-refractivity contribution >= 4 is 49.7 Å². The Morgan fingerprint density at radius 1 is 1.24 bits per heavy atom. The average molecular weight is 497 g/mol. The molecule has 1 aliphatic rings. The van der Waals surface area contributed by atoms with E-state index in [1.165, 1.54) is 0 Å². The molecule has 10 nitrogen and oxygen atoms in total. The van der Waals surface area contributed by atoms with Gasteiger partial charge in [-0.2, -0.15) is 0 Å². The van der Waals surface area contributed by atoms with Gasteiger partial charge in [-0.25, -0.2) is 9.59 Å². The standard InChI is InChI=1S/C20H29BN3O7PS/c1-19(2)20(3,9-4-10-23-15(25)11-22)31-21(30-19)14-7-5-13(6-8-14)12-29-18(28)24-16(32-33)17(26)27/h5-8,16H,4,9-12,22H2,1-3H3,(H,23,25)(H,24,28)(H,26,27). The molecule has 0 aromatic heterocycles. The molecule has 0 aliphatic carbocycles. The lowest BCUT2D eigenvalue weighted by atomic mass is 9.79. The zero-order valence-corrected chi connectivity index (χ0v) is 20.5. The van der Waals surface area contributed by atoms with Crippen LogP contribution in [-0.4, -0.2) is 60.3 Å². The number of ether oxygens (including phenoxy) is 1. The van der Waals surface area contributed by atoms with Gasteiger partial charge in [-0.15, -0.1) is 0 Å². The van der Waals surface area contributed by atoms with Gasteiger partial charge in [-0.05, 0) is 44.6 Å². The summed E-state index contributed by atoms with van der Waals surface area (Å²) in [5.41, 5.74) is 5.71. The molecule has 1 saturated heterocycles. The minimum atomic E-state index is -1.22. The van der Waals surface area contributed by atoms with Gasteiger partial charge in [-0.1, -0.05) is 36.1 Å².